The van der Waals surface area contributed by atoms with E-state index in [2.05, 4.69) is 27.7 Å². The minimum absolute atomic E-state index is 0.0770. The molecule has 2 aromatic carbocycles. The van der Waals surface area contributed by atoms with Crippen molar-refractivity contribution in [3.05, 3.63) is 42.5 Å². The van der Waals surface area contributed by atoms with Crippen LogP contribution in [0.1, 0.15) is 19.8 Å². The van der Waals surface area contributed by atoms with Crippen LogP contribution in [0.25, 0.3) is 10.8 Å². The lowest BCUT2D eigenvalue weighted by Crippen LogP contribution is -2.56. The summed E-state index contributed by atoms with van der Waals surface area (Å²) in [4.78, 5) is 28.6. The summed E-state index contributed by atoms with van der Waals surface area (Å²) < 4.78 is 5.78. The molecule has 4 rings (SSSR count). The molecule has 1 aliphatic carbocycles. The Morgan fingerprint density at radius 1 is 1.07 bits per heavy atom. The highest BCUT2D eigenvalue weighted by atomic mass is 16.5. The van der Waals surface area contributed by atoms with Gasteiger partial charge >= 0.3 is 6.03 Å². The van der Waals surface area contributed by atoms with Crippen molar-refractivity contribution in [2.45, 2.75) is 31.8 Å². The molecule has 1 aliphatic heterocycles. The predicted octanol–water partition coefficient (Wildman–Crippen LogP) is 2.21. The Bertz CT molecular complexity index is 891. The summed E-state index contributed by atoms with van der Waals surface area (Å²) in [7, 11) is 0. The molecule has 7 nitrogen and oxygen atoms in total. The van der Waals surface area contributed by atoms with Crippen LogP contribution in [-0.2, 0) is 4.79 Å². The van der Waals surface area contributed by atoms with Gasteiger partial charge in [-0.1, -0.05) is 30.3 Å². The molecule has 1 saturated carbocycles. The average molecular weight is 411 g/mol. The number of nitrogens with zero attached hydrogens (tertiary/aromatic N) is 2. The van der Waals surface area contributed by atoms with Gasteiger partial charge in [0.05, 0.1) is 12.6 Å². The zero-order valence-corrected chi connectivity index (χ0v) is 17.5. The van der Waals surface area contributed by atoms with E-state index in [1.807, 2.05) is 37.3 Å². The lowest BCUT2D eigenvalue weighted by Gasteiger charge is -2.37. The van der Waals surface area contributed by atoms with Gasteiger partial charge in [-0.3, -0.25) is 9.69 Å². The van der Waals surface area contributed by atoms with E-state index < -0.39 is 0 Å². The molecule has 30 heavy (non-hydrogen) atoms. The van der Waals surface area contributed by atoms with Gasteiger partial charge in [0.25, 0.3) is 0 Å². The average Bonchev–Trinajstić information content (AvgIpc) is 3.60. The van der Waals surface area contributed by atoms with Gasteiger partial charge in [-0.25, -0.2) is 4.79 Å². The van der Waals surface area contributed by atoms with Crippen LogP contribution in [0.15, 0.2) is 42.5 Å². The van der Waals surface area contributed by atoms with Gasteiger partial charge in [0, 0.05) is 32.2 Å². The predicted molar refractivity (Wildman–Crippen MR) is 117 cm³/mol. The molecule has 2 aliphatic rings. The van der Waals surface area contributed by atoms with E-state index in [1.54, 1.807) is 4.90 Å². The summed E-state index contributed by atoms with van der Waals surface area (Å²) in [6.45, 7) is 5.48. The van der Waals surface area contributed by atoms with Crippen LogP contribution in [0, 0.1) is 0 Å². The van der Waals surface area contributed by atoms with Crippen molar-refractivity contribution < 1.29 is 14.3 Å². The molecule has 0 aromatic heterocycles. The molecule has 1 atom stereocenters. The number of amides is 3. The zero-order chi connectivity index (χ0) is 20.9. The Kier molecular flexibility index (Phi) is 6.38. The lowest BCUT2D eigenvalue weighted by molar-refractivity contribution is -0.126. The summed E-state index contributed by atoms with van der Waals surface area (Å²) in [5.41, 5.74) is 0. The summed E-state index contributed by atoms with van der Waals surface area (Å²) in [5.74, 6) is 0.899. The summed E-state index contributed by atoms with van der Waals surface area (Å²) >= 11 is 0. The van der Waals surface area contributed by atoms with E-state index in [-0.39, 0.29) is 18.0 Å². The Balaban J connectivity index is 1.15. The van der Waals surface area contributed by atoms with Crippen molar-refractivity contribution in [1.82, 2.24) is 20.4 Å². The molecule has 2 aromatic rings. The quantitative estimate of drug-likeness (QED) is 0.687. The van der Waals surface area contributed by atoms with Gasteiger partial charge in [-0.05, 0) is 42.7 Å². The molecule has 1 unspecified atom stereocenters. The second-order valence-corrected chi connectivity index (χ2v) is 8.07. The molecule has 1 heterocycles. The highest BCUT2D eigenvalue weighted by Crippen LogP contribution is 2.20. The maximum Gasteiger partial charge on any atom is 0.317 e. The fourth-order valence-electron chi connectivity index (χ4n) is 3.72. The first-order valence-corrected chi connectivity index (χ1v) is 10.8. The normalized spacial score (nSPS) is 18.1. The van der Waals surface area contributed by atoms with Crippen LogP contribution >= 0.6 is 0 Å². The van der Waals surface area contributed by atoms with E-state index in [0.29, 0.717) is 45.4 Å². The number of fused-ring (bicyclic) bond motifs is 1. The van der Waals surface area contributed by atoms with Crippen molar-refractivity contribution in [1.29, 1.82) is 0 Å². The lowest BCUT2D eigenvalue weighted by atomic mass is 10.1. The molecule has 2 N–H and O–H groups in total. The second-order valence-electron chi connectivity index (χ2n) is 8.07. The van der Waals surface area contributed by atoms with Crippen molar-refractivity contribution in [2.75, 3.05) is 39.3 Å². The van der Waals surface area contributed by atoms with E-state index in [9.17, 15) is 9.59 Å². The first-order chi connectivity index (χ1) is 14.6. The monoisotopic (exact) mass is 410 g/mol. The Morgan fingerprint density at radius 3 is 2.53 bits per heavy atom. The molecule has 0 radical (unpaired) electrons. The van der Waals surface area contributed by atoms with Gasteiger partial charge in [0.1, 0.15) is 12.4 Å². The Morgan fingerprint density at radius 2 is 1.80 bits per heavy atom. The molecular weight excluding hydrogens is 380 g/mol. The number of nitrogens with one attached hydrogen (secondary N) is 2. The largest absolute Gasteiger partial charge is 0.492 e. The SMILES string of the molecule is CC(C(=O)NC1CC1)N1CCN(C(=O)NCCOc2ccc3ccccc3c2)CC1. The highest BCUT2D eigenvalue weighted by molar-refractivity contribution is 5.83. The number of carbonyl (C=O) groups is 2. The fourth-order valence-corrected chi connectivity index (χ4v) is 3.72. The number of ether oxygens (including phenoxy) is 1. The van der Waals surface area contributed by atoms with Crippen LogP contribution in [0.5, 0.6) is 5.75 Å². The third kappa shape index (κ3) is 5.21. The highest BCUT2D eigenvalue weighted by Gasteiger charge is 2.30. The number of hydrogen-bond donors (Lipinski definition) is 2. The maximum absolute atomic E-state index is 12.4. The van der Waals surface area contributed by atoms with Gasteiger partial charge in [0.2, 0.25) is 5.91 Å². The van der Waals surface area contributed by atoms with Gasteiger partial charge < -0.3 is 20.3 Å². The van der Waals surface area contributed by atoms with Crippen LogP contribution in [0.4, 0.5) is 4.79 Å². The van der Waals surface area contributed by atoms with Gasteiger partial charge in [0.15, 0.2) is 0 Å². The second kappa shape index (κ2) is 9.34. The minimum atomic E-state index is -0.147. The first kappa shape index (κ1) is 20.5. The third-order valence-corrected chi connectivity index (χ3v) is 5.82. The number of hydrogen-bond acceptors (Lipinski definition) is 4. The zero-order valence-electron chi connectivity index (χ0n) is 17.5. The number of benzene rings is 2. The Labute approximate surface area is 177 Å². The number of carbonyl (C=O) groups excluding carboxylic acids is 2. The van der Waals surface area contributed by atoms with E-state index in [4.69, 9.17) is 4.74 Å². The van der Waals surface area contributed by atoms with Crippen LogP contribution in [0.2, 0.25) is 0 Å². The Hall–Kier alpha value is -2.80. The summed E-state index contributed by atoms with van der Waals surface area (Å²) in [6.07, 6.45) is 2.19. The topological polar surface area (TPSA) is 73.9 Å². The minimum Gasteiger partial charge on any atom is -0.492 e. The van der Waals surface area contributed by atoms with Crippen molar-refractivity contribution >= 4 is 22.7 Å². The van der Waals surface area contributed by atoms with E-state index in [0.717, 1.165) is 24.0 Å². The van der Waals surface area contributed by atoms with Crippen molar-refractivity contribution in [3.63, 3.8) is 0 Å². The van der Waals surface area contributed by atoms with Crippen LogP contribution < -0.4 is 15.4 Å². The summed E-state index contributed by atoms with van der Waals surface area (Å²) in [5, 5.41) is 8.29. The molecule has 0 bridgehead atoms. The van der Waals surface area contributed by atoms with E-state index in [1.165, 1.54) is 5.39 Å². The van der Waals surface area contributed by atoms with Crippen molar-refractivity contribution in [2.24, 2.45) is 0 Å². The molecule has 3 amide bonds. The van der Waals surface area contributed by atoms with Gasteiger partial charge in [-0.15, -0.1) is 0 Å². The molecule has 160 valence electrons. The third-order valence-electron chi connectivity index (χ3n) is 5.82. The number of rotatable bonds is 7. The number of piperazine rings is 1. The first-order valence-electron chi connectivity index (χ1n) is 10.8. The molecule has 7 heteroatoms. The standard InChI is InChI=1S/C23H30N4O3/c1-17(22(28)25-20-7-8-20)26-11-13-27(14-12-26)23(29)24-10-15-30-21-9-6-18-4-2-3-5-19(18)16-21/h2-6,9,16-17,20H,7-8,10-15H2,1H3,(H,24,29)(H,25,28). The van der Waals surface area contributed by atoms with Crippen molar-refractivity contribution in [3.8, 4) is 5.75 Å². The maximum atomic E-state index is 12.4. The van der Waals surface area contributed by atoms with Crippen LogP contribution in [0.3, 0.4) is 0 Å². The van der Waals surface area contributed by atoms with Crippen LogP contribution in [-0.4, -0.2) is 73.2 Å². The molecule has 1 saturated heterocycles. The molecule has 0 spiro atoms. The van der Waals surface area contributed by atoms with E-state index >= 15 is 0 Å². The summed E-state index contributed by atoms with van der Waals surface area (Å²) in [6, 6.07) is 14.3. The molecular formula is C23H30N4O3. The van der Waals surface area contributed by atoms with Gasteiger partial charge in [-0.2, -0.15) is 0 Å². The molecule has 2 fully saturated rings. The fraction of sp³-hybridized carbons (Fsp3) is 0.478. The number of urea groups is 1. The smallest absolute Gasteiger partial charge is 0.317 e.